The molecule has 8 heteroatoms. The normalized spacial score (nSPS) is 9.86. The van der Waals surface area contributed by atoms with Crippen molar-refractivity contribution in [2.75, 3.05) is 17.7 Å². The molecule has 0 atom stereocenters. The molecule has 0 fully saturated rings. The number of hydrogen-bond donors (Lipinski definition) is 2. The predicted molar refractivity (Wildman–Crippen MR) is 102 cm³/mol. The summed E-state index contributed by atoms with van der Waals surface area (Å²) < 4.78 is 4.69. The second-order valence-corrected chi connectivity index (χ2v) is 5.57. The number of rotatable bonds is 5. The van der Waals surface area contributed by atoms with E-state index in [0.29, 0.717) is 22.5 Å². The number of benzene rings is 2. The van der Waals surface area contributed by atoms with E-state index < -0.39 is 11.9 Å². The molecule has 3 aromatic rings. The van der Waals surface area contributed by atoms with E-state index in [1.54, 1.807) is 48.5 Å². The van der Waals surface area contributed by atoms with Crippen molar-refractivity contribution in [1.82, 2.24) is 9.97 Å². The Kier molecular flexibility index (Phi) is 5.58. The summed E-state index contributed by atoms with van der Waals surface area (Å²) in [6, 6.07) is 16.8. The van der Waals surface area contributed by atoms with Crippen LogP contribution >= 0.6 is 0 Å². The predicted octanol–water partition coefficient (Wildman–Crippen LogP) is 3.13. The van der Waals surface area contributed by atoms with E-state index >= 15 is 0 Å². The number of nitrogens with zero attached hydrogens (tertiary/aromatic N) is 3. The first-order chi connectivity index (χ1) is 13.6. The van der Waals surface area contributed by atoms with Gasteiger partial charge in [-0.05, 0) is 36.4 Å². The number of nitrogens with one attached hydrogen (secondary N) is 2. The molecular weight excluding hydrogens is 358 g/mol. The Balaban J connectivity index is 1.78. The van der Waals surface area contributed by atoms with Gasteiger partial charge < -0.3 is 15.4 Å². The number of nitriles is 1. The zero-order valence-corrected chi connectivity index (χ0v) is 14.8. The van der Waals surface area contributed by atoms with Crippen molar-refractivity contribution in [3.63, 3.8) is 0 Å². The molecule has 0 aliphatic carbocycles. The molecule has 2 N–H and O–H groups in total. The zero-order valence-electron chi connectivity index (χ0n) is 14.8. The van der Waals surface area contributed by atoms with Crippen LogP contribution in [0.25, 0.3) is 0 Å². The molecule has 1 heterocycles. The van der Waals surface area contributed by atoms with Crippen LogP contribution in [0.2, 0.25) is 0 Å². The minimum atomic E-state index is -0.475. The highest BCUT2D eigenvalue weighted by molar-refractivity contribution is 6.03. The fourth-order valence-electron chi connectivity index (χ4n) is 2.39. The first-order valence-electron chi connectivity index (χ1n) is 8.19. The van der Waals surface area contributed by atoms with E-state index in [0.717, 1.165) is 0 Å². The number of hydrogen-bond acceptors (Lipinski definition) is 7. The van der Waals surface area contributed by atoms with E-state index in [1.807, 2.05) is 6.07 Å². The lowest BCUT2D eigenvalue weighted by Crippen LogP contribution is -2.15. The van der Waals surface area contributed by atoms with Gasteiger partial charge in [0.1, 0.15) is 11.8 Å². The molecule has 0 saturated heterocycles. The largest absolute Gasteiger partial charge is 0.465 e. The Morgan fingerprint density at radius 1 is 1.11 bits per heavy atom. The van der Waals surface area contributed by atoms with E-state index in [4.69, 9.17) is 10.00 Å². The number of aromatic nitrogens is 2. The average Bonchev–Trinajstić information content (AvgIpc) is 2.74. The van der Waals surface area contributed by atoms with Crippen molar-refractivity contribution >= 4 is 29.2 Å². The number of esters is 1. The molecular formula is C20H15N5O3. The minimum absolute atomic E-state index is 0.120. The Morgan fingerprint density at radius 2 is 1.93 bits per heavy atom. The third-order valence-corrected chi connectivity index (χ3v) is 3.72. The second kappa shape index (κ2) is 8.42. The maximum absolute atomic E-state index is 12.5. The number of carbonyl (C=O) groups is 2. The summed E-state index contributed by atoms with van der Waals surface area (Å²) in [5, 5.41) is 14.7. The van der Waals surface area contributed by atoms with Crippen molar-refractivity contribution in [2.45, 2.75) is 0 Å². The quantitative estimate of drug-likeness (QED) is 0.660. The zero-order chi connectivity index (χ0) is 19.9. The van der Waals surface area contributed by atoms with Crippen LogP contribution in [0, 0.1) is 11.3 Å². The number of carbonyl (C=O) groups excluding carboxylic acids is 2. The van der Waals surface area contributed by atoms with E-state index in [-0.39, 0.29) is 11.6 Å². The molecule has 0 aliphatic rings. The van der Waals surface area contributed by atoms with Gasteiger partial charge in [-0.25, -0.2) is 14.8 Å². The molecule has 2 aromatic carbocycles. The third-order valence-electron chi connectivity index (χ3n) is 3.72. The molecule has 0 unspecified atom stereocenters. The second-order valence-electron chi connectivity index (χ2n) is 5.57. The van der Waals surface area contributed by atoms with Crippen molar-refractivity contribution in [3.05, 3.63) is 77.6 Å². The first kappa shape index (κ1) is 18.5. The Hall–Kier alpha value is -4.25. The molecule has 0 bridgehead atoms. The summed E-state index contributed by atoms with van der Waals surface area (Å²) in [4.78, 5) is 32.4. The van der Waals surface area contributed by atoms with Crippen molar-refractivity contribution < 1.29 is 14.3 Å². The molecule has 3 rings (SSSR count). The molecule has 0 radical (unpaired) electrons. The molecule has 0 aliphatic heterocycles. The molecule has 1 aromatic heterocycles. The summed E-state index contributed by atoms with van der Waals surface area (Å²) >= 11 is 0. The van der Waals surface area contributed by atoms with Gasteiger partial charge in [0.2, 0.25) is 5.95 Å². The van der Waals surface area contributed by atoms with Crippen molar-refractivity contribution in [2.24, 2.45) is 0 Å². The van der Waals surface area contributed by atoms with Crippen LogP contribution in [0.15, 0.2) is 60.8 Å². The highest BCUT2D eigenvalue weighted by atomic mass is 16.5. The van der Waals surface area contributed by atoms with Crippen LogP contribution in [-0.4, -0.2) is 29.0 Å². The summed E-state index contributed by atoms with van der Waals surface area (Å²) in [6.45, 7) is 0. The van der Waals surface area contributed by atoms with Crippen LogP contribution < -0.4 is 10.6 Å². The highest BCUT2D eigenvalue weighted by Gasteiger charge is 2.12. The van der Waals surface area contributed by atoms with Crippen molar-refractivity contribution in [1.29, 1.82) is 5.26 Å². The van der Waals surface area contributed by atoms with Gasteiger partial charge >= 0.3 is 5.97 Å². The summed E-state index contributed by atoms with van der Waals surface area (Å²) in [5.74, 6) is -0.756. The lowest BCUT2D eigenvalue weighted by molar-refractivity contribution is 0.0600. The smallest absolute Gasteiger partial charge is 0.337 e. The van der Waals surface area contributed by atoms with Crippen molar-refractivity contribution in [3.8, 4) is 6.07 Å². The van der Waals surface area contributed by atoms with Gasteiger partial charge in [-0.15, -0.1) is 0 Å². The van der Waals surface area contributed by atoms with Gasteiger partial charge in [-0.3, -0.25) is 4.79 Å². The van der Waals surface area contributed by atoms with Gasteiger partial charge in [0.05, 0.1) is 23.9 Å². The molecule has 28 heavy (non-hydrogen) atoms. The Morgan fingerprint density at radius 3 is 2.71 bits per heavy atom. The first-order valence-corrected chi connectivity index (χ1v) is 8.19. The number of methoxy groups -OCH3 is 1. The van der Waals surface area contributed by atoms with Gasteiger partial charge in [0, 0.05) is 11.9 Å². The fourth-order valence-corrected chi connectivity index (χ4v) is 2.39. The maximum atomic E-state index is 12.5. The number of anilines is 3. The van der Waals surface area contributed by atoms with Crippen LogP contribution in [0.1, 0.15) is 26.4 Å². The van der Waals surface area contributed by atoms with E-state index in [9.17, 15) is 9.59 Å². The molecule has 138 valence electrons. The van der Waals surface area contributed by atoms with Crippen LogP contribution in [0.4, 0.5) is 17.3 Å². The topological polar surface area (TPSA) is 117 Å². The summed E-state index contributed by atoms with van der Waals surface area (Å²) in [7, 11) is 1.30. The fraction of sp³-hybridized carbons (Fsp3) is 0.0500. The highest BCUT2D eigenvalue weighted by Crippen LogP contribution is 2.17. The lowest BCUT2D eigenvalue weighted by atomic mass is 10.2. The molecule has 0 saturated carbocycles. The lowest BCUT2D eigenvalue weighted by Gasteiger charge is -2.09. The third kappa shape index (κ3) is 4.28. The van der Waals surface area contributed by atoms with E-state index in [2.05, 4.69) is 20.6 Å². The minimum Gasteiger partial charge on any atom is -0.465 e. The standard InChI is InChI=1S/C20H15N5O3/c1-28-19(27)13-6-4-7-15(11-13)23-20-22-10-9-17(25-20)18(26)24-16-8-3-2-5-14(16)12-21/h2-11H,1H3,(H,24,26)(H,22,23,25). The Labute approximate surface area is 160 Å². The van der Waals surface area contributed by atoms with E-state index in [1.165, 1.54) is 19.4 Å². The van der Waals surface area contributed by atoms with Gasteiger partial charge in [0.15, 0.2) is 0 Å². The molecule has 0 spiro atoms. The molecule has 8 nitrogen and oxygen atoms in total. The number of para-hydroxylation sites is 1. The maximum Gasteiger partial charge on any atom is 0.337 e. The monoisotopic (exact) mass is 373 g/mol. The van der Waals surface area contributed by atoms with Gasteiger partial charge in [-0.2, -0.15) is 5.26 Å². The Bertz CT molecular complexity index is 1080. The van der Waals surface area contributed by atoms with Crippen LogP contribution in [0.5, 0.6) is 0 Å². The van der Waals surface area contributed by atoms with Gasteiger partial charge in [0.25, 0.3) is 5.91 Å². The number of ether oxygens (including phenoxy) is 1. The summed E-state index contributed by atoms with van der Waals surface area (Å²) in [6.07, 6.45) is 1.44. The number of amides is 1. The molecule has 1 amide bonds. The summed E-state index contributed by atoms with van der Waals surface area (Å²) in [5.41, 5.74) is 1.80. The average molecular weight is 373 g/mol. The SMILES string of the molecule is COC(=O)c1cccc(Nc2nccc(C(=O)Nc3ccccc3C#N)n2)c1. The van der Waals surface area contributed by atoms with Gasteiger partial charge in [-0.1, -0.05) is 18.2 Å². The van der Waals surface area contributed by atoms with Crippen LogP contribution in [0.3, 0.4) is 0 Å². The van der Waals surface area contributed by atoms with Crippen LogP contribution in [-0.2, 0) is 4.74 Å².